The molecule has 2 N–H and O–H groups in total. The second kappa shape index (κ2) is 7.17. The number of halogens is 1. The fraction of sp³-hybridized carbons (Fsp3) is 0.158. The second-order valence-corrected chi connectivity index (χ2v) is 5.62. The van der Waals surface area contributed by atoms with Crippen molar-refractivity contribution >= 4 is 16.9 Å². The van der Waals surface area contributed by atoms with E-state index in [0.717, 1.165) is 0 Å². The lowest BCUT2D eigenvalue weighted by atomic mass is 10.1. The number of benzene rings is 2. The largest absolute Gasteiger partial charge is 0.508 e. The van der Waals surface area contributed by atoms with E-state index in [1.807, 2.05) is 0 Å². The molecule has 0 unspecified atom stereocenters. The van der Waals surface area contributed by atoms with Gasteiger partial charge >= 0.3 is 5.63 Å². The van der Waals surface area contributed by atoms with E-state index in [1.165, 1.54) is 24.3 Å². The molecule has 0 radical (unpaired) electrons. The molecule has 6 heteroatoms. The van der Waals surface area contributed by atoms with Crippen molar-refractivity contribution in [1.82, 2.24) is 5.32 Å². The molecule has 0 atom stereocenters. The first kappa shape index (κ1) is 16.7. The van der Waals surface area contributed by atoms with Crippen LogP contribution in [0.3, 0.4) is 0 Å². The van der Waals surface area contributed by atoms with Crippen LogP contribution in [0.15, 0.2) is 57.7 Å². The zero-order valence-corrected chi connectivity index (χ0v) is 13.3. The minimum Gasteiger partial charge on any atom is -0.508 e. The summed E-state index contributed by atoms with van der Waals surface area (Å²) in [5.41, 5.74) is -0.0864. The fourth-order valence-electron chi connectivity index (χ4n) is 2.54. The highest BCUT2D eigenvalue weighted by atomic mass is 19.1. The second-order valence-electron chi connectivity index (χ2n) is 5.62. The molecule has 0 fully saturated rings. The Labute approximate surface area is 142 Å². The standard InChI is InChI=1S/C19H16FNO4/c20-16-6-2-1-4-12(16)5-3-9-21-18(23)15-10-13-7-8-14(22)11-17(13)25-19(15)24/h1-2,4,6-8,10-11,22H,3,5,9H2,(H,21,23). The third-order valence-electron chi connectivity index (χ3n) is 3.83. The molecule has 0 spiro atoms. The Morgan fingerprint density at radius 1 is 1.16 bits per heavy atom. The molecule has 1 aromatic heterocycles. The lowest BCUT2D eigenvalue weighted by Crippen LogP contribution is -2.29. The summed E-state index contributed by atoms with van der Waals surface area (Å²) in [5, 5.41) is 12.6. The van der Waals surface area contributed by atoms with Crippen LogP contribution in [-0.2, 0) is 6.42 Å². The Morgan fingerprint density at radius 2 is 1.96 bits per heavy atom. The van der Waals surface area contributed by atoms with Gasteiger partial charge in [0.25, 0.3) is 5.91 Å². The molecule has 128 valence electrons. The van der Waals surface area contributed by atoms with Crippen LogP contribution in [0.5, 0.6) is 5.75 Å². The maximum Gasteiger partial charge on any atom is 0.349 e. The molecule has 0 saturated heterocycles. The number of aromatic hydroxyl groups is 1. The van der Waals surface area contributed by atoms with Crippen molar-refractivity contribution < 1.29 is 18.7 Å². The molecule has 25 heavy (non-hydrogen) atoms. The predicted molar refractivity (Wildman–Crippen MR) is 91.2 cm³/mol. The van der Waals surface area contributed by atoms with Crippen LogP contribution < -0.4 is 10.9 Å². The van der Waals surface area contributed by atoms with Crippen molar-refractivity contribution in [3.05, 3.63) is 75.9 Å². The summed E-state index contributed by atoms with van der Waals surface area (Å²) >= 11 is 0. The average Bonchev–Trinajstić information content (AvgIpc) is 2.59. The van der Waals surface area contributed by atoms with E-state index in [0.29, 0.717) is 30.3 Å². The SMILES string of the molecule is O=C(NCCCc1ccccc1F)c1cc2ccc(O)cc2oc1=O. The van der Waals surface area contributed by atoms with Gasteiger partial charge in [-0.1, -0.05) is 18.2 Å². The van der Waals surface area contributed by atoms with E-state index in [4.69, 9.17) is 4.42 Å². The Bertz CT molecular complexity index is 981. The maximum absolute atomic E-state index is 13.5. The number of fused-ring (bicyclic) bond motifs is 1. The molecule has 3 aromatic rings. The van der Waals surface area contributed by atoms with Gasteiger partial charge in [0.1, 0.15) is 22.7 Å². The molecule has 3 rings (SSSR count). The number of rotatable bonds is 5. The van der Waals surface area contributed by atoms with Gasteiger partial charge in [-0.3, -0.25) is 4.79 Å². The minimum absolute atomic E-state index is 0.0269. The van der Waals surface area contributed by atoms with Crippen LogP contribution in [-0.4, -0.2) is 17.6 Å². The van der Waals surface area contributed by atoms with Crippen molar-refractivity contribution in [2.24, 2.45) is 0 Å². The first-order valence-corrected chi connectivity index (χ1v) is 7.83. The number of phenols is 1. The molecule has 0 aliphatic rings. The van der Waals surface area contributed by atoms with Crippen LogP contribution in [0, 0.1) is 5.82 Å². The molecule has 2 aromatic carbocycles. The van der Waals surface area contributed by atoms with E-state index in [-0.39, 0.29) is 22.7 Å². The highest BCUT2D eigenvalue weighted by Gasteiger charge is 2.13. The van der Waals surface area contributed by atoms with Crippen molar-refractivity contribution in [1.29, 1.82) is 0 Å². The van der Waals surface area contributed by atoms with Crippen LogP contribution in [0.2, 0.25) is 0 Å². The number of hydrogen-bond donors (Lipinski definition) is 2. The smallest absolute Gasteiger partial charge is 0.349 e. The summed E-state index contributed by atoms with van der Waals surface area (Å²) in [6.45, 7) is 0.306. The summed E-state index contributed by atoms with van der Waals surface area (Å²) in [5.74, 6) is -0.842. The van der Waals surface area contributed by atoms with Crippen molar-refractivity contribution in [3.8, 4) is 5.75 Å². The van der Waals surface area contributed by atoms with E-state index >= 15 is 0 Å². The van der Waals surface area contributed by atoms with Gasteiger partial charge in [-0.25, -0.2) is 9.18 Å². The molecule has 0 aliphatic heterocycles. The number of nitrogens with one attached hydrogen (secondary N) is 1. The van der Waals surface area contributed by atoms with E-state index in [9.17, 15) is 19.1 Å². The van der Waals surface area contributed by atoms with Gasteiger partial charge in [-0.05, 0) is 42.7 Å². The molecule has 0 saturated carbocycles. The van der Waals surface area contributed by atoms with E-state index in [1.54, 1.807) is 24.3 Å². The highest BCUT2D eigenvalue weighted by molar-refractivity contribution is 5.96. The average molecular weight is 341 g/mol. The van der Waals surface area contributed by atoms with Crippen molar-refractivity contribution in [2.45, 2.75) is 12.8 Å². The van der Waals surface area contributed by atoms with Gasteiger partial charge < -0.3 is 14.8 Å². The zero-order valence-electron chi connectivity index (χ0n) is 13.3. The summed E-state index contributed by atoms with van der Waals surface area (Å²) in [4.78, 5) is 24.1. The van der Waals surface area contributed by atoms with Gasteiger partial charge in [0.2, 0.25) is 0 Å². The van der Waals surface area contributed by atoms with Crippen LogP contribution in [0.4, 0.5) is 4.39 Å². The molecular formula is C19H16FNO4. The monoisotopic (exact) mass is 341 g/mol. The fourth-order valence-corrected chi connectivity index (χ4v) is 2.54. The molecule has 1 heterocycles. The Balaban J connectivity index is 1.64. The summed E-state index contributed by atoms with van der Waals surface area (Å²) in [7, 11) is 0. The van der Waals surface area contributed by atoms with Crippen LogP contribution >= 0.6 is 0 Å². The van der Waals surface area contributed by atoms with Gasteiger partial charge in [0.05, 0.1) is 0 Å². The number of carbonyl (C=O) groups excluding carboxylic acids is 1. The van der Waals surface area contributed by atoms with E-state index in [2.05, 4.69) is 5.32 Å². The minimum atomic E-state index is -0.773. The lowest BCUT2D eigenvalue weighted by Gasteiger charge is -2.06. The third kappa shape index (κ3) is 3.85. The normalized spacial score (nSPS) is 10.8. The number of phenolic OH excluding ortho intramolecular Hbond substituents is 1. The predicted octanol–water partition coefficient (Wildman–Crippen LogP) is 3.00. The maximum atomic E-state index is 13.5. The number of hydrogen-bond acceptors (Lipinski definition) is 4. The number of carbonyl (C=O) groups is 1. The molecule has 1 amide bonds. The van der Waals surface area contributed by atoms with Crippen LogP contribution in [0.25, 0.3) is 11.0 Å². The first-order valence-electron chi connectivity index (χ1n) is 7.83. The van der Waals surface area contributed by atoms with E-state index < -0.39 is 11.5 Å². The van der Waals surface area contributed by atoms with Gasteiger partial charge in [0, 0.05) is 18.0 Å². The Morgan fingerprint density at radius 3 is 2.76 bits per heavy atom. The quantitative estimate of drug-likeness (QED) is 0.552. The molecule has 0 aliphatic carbocycles. The molecule has 0 bridgehead atoms. The number of aryl methyl sites for hydroxylation is 1. The number of amides is 1. The summed E-state index contributed by atoms with van der Waals surface area (Å²) in [6.07, 6.45) is 1.03. The third-order valence-corrected chi connectivity index (χ3v) is 3.83. The molecule has 5 nitrogen and oxygen atoms in total. The lowest BCUT2D eigenvalue weighted by molar-refractivity contribution is 0.0949. The van der Waals surface area contributed by atoms with Gasteiger partial charge in [-0.15, -0.1) is 0 Å². The molecular weight excluding hydrogens is 325 g/mol. The highest BCUT2D eigenvalue weighted by Crippen LogP contribution is 2.19. The van der Waals surface area contributed by atoms with Gasteiger partial charge in [-0.2, -0.15) is 0 Å². The Kier molecular flexibility index (Phi) is 4.79. The van der Waals surface area contributed by atoms with Crippen molar-refractivity contribution in [2.75, 3.05) is 6.54 Å². The van der Waals surface area contributed by atoms with Crippen molar-refractivity contribution in [3.63, 3.8) is 0 Å². The Hall–Kier alpha value is -3.15. The first-order chi connectivity index (χ1) is 12.0. The van der Waals surface area contributed by atoms with Gasteiger partial charge in [0.15, 0.2) is 0 Å². The topological polar surface area (TPSA) is 79.5 Å². The summed E-state index contributed by atoms with van der Waals surface area (Å²) < 4.78 is 18.6. The van der Waals surface area contributed by atoms with Crippen LogP contribution in [0.1, 0.15) is 22.3 Å². The zero-order chi connectivity index (χ0) is 17.8. The summed E-state index contributed by atoms with van der Waals surface area (Å²) in [6, 6.07) is 12.2.